The molecule has 4 amide bonds. The molecule has 6 aromatic rings. The summed E-state index contributed by atoms with van der Waals surface area (Å²) in [6, 6.07) is 23.3. The SMILES string of the molecule is COc1nc(N(C(=O)CNC(C)=O)c2nc(OC(F)(F)F)c3cc(-c4ccc(NC(C)=O)cc4)ccc3n2)nc2ccc(-c3ccc(NC(C)=O)cc3)cc12. The third-order valence-electron chi connectivity index (χ3n) is 7.92. The average Bonchev–Trinajstić information content (AvgIpc) is 3.13. The van der Waals surface area contributed by atoms with Crippen LogP contribution in [-0.4, -0.2) is 63.6 Å². The summed E-state index contributed by atoms with van der Waals surface area (Å²) in [5.74, 6) is -3.76. The highest BCUT2D eigenvalue weighted by Gasteiger charge is 2.34. The maximum Gasteiger partial charge on any atom is 0.574 e. The van der Waals surface area contributed by atoms with Crippen LogP contribution in [0.3, 0.4) is 0 Å². The van der Waals surface area contributed by atoms with Gasteiger partial charge in [0.25, 0.3) is 5.91 Å². The topological polar surface area (TPSA) is 178 Å². The molecule has 0 saturated carbocycles. The summed E-state index contributed by atoms with van der Waals surface area (Å²) in [6.07, 6.45) is -5.19. The average molecular weight is 753 g/mol. The number of ether oxygens (including phenoxy) is 2. The van der Waals surface area contributed by atoms with Crippen molar-refractivity contribution in [2.75, 3.05) is 29.2 Å². The highest BCUT2D eigenvalue weighted by atomic mass is 19.4. The lowest BCUT2D eigenvalue weighted by Gasteiger charge is -2.21. The third kappa shape index (κ3) is 8.90. The molecule has 0 aliphatic heterocycles. The first kappa shape index (κ1) is 37.6. The van der Waals surface area contributed by atoms with Gasteiger partial charge < -0.3 is 25.4 Å². The Morgan fingerprint density at radius 2 is 1.05 bits per heavy atom. The van der Waals surface area contributed by atoms with Crippen molar-refractivity contribution < 1.29 is 41.8 Å². The van der Waals surface area contributed by atoms with Crippen molar-refractivity contribution in [1.82, 2.24) is 25.3 Å². The van der Waals surface area contributed by atoms with E-state index in [1.165, 1.54) is 40.0 Å². The molecule has 0 fully saturated rings. The first-order chi connectivity index (χ1) is 26.2. The number of aromatic nitrogens is 4. The molecule has 0 aliphatic carbocycles. The fourth-order valence-electron chi connectivity index (χ4n) is 5.57. The Labute approximate surface area is 310 Å². The number of nitrogens with zero attached hydrogens (tertiary/aromatic N) is 5. The molecular formula is C38H31F3N8O6. The molecule has 2 heterocycles. The molecule has 0 spiro atoms. The molecule has 4 aromatic carbocycles. The largest absolute Gasteiger partial charge is 0.574 e. The van der Waals surface area contributed by atoms with E-state index in [2.05, 4.69) is 40.6 Å². The van der Waals surface area contributed by atoms with Gasteiger partial charge in [0.1, 0.15) is 0 Å². The van der Waals surface area contributed by atoms with Crippen LogP contribution in [0, 0.1) is 0 Å². The van der Waals surface area contributed by atoms with Crippen LogP contribution < -0.4 is 30.3 Å². The number of alkyl halides is 3. The highest BCUT2D eigenvalue weighted by molar-refractivity contribution is 6.02. The van der Waals surface area contributed by atoms with Crippen LogP contribution in [0.5, 0.6) is 11.8 Å². The first-order valence-electron chi connectivity index (χ1n) is 16.4. The molecule has 6 rings (SSSR count). The second kappa shape index (κ2) is 15.4. The zero-order valence-corrected chi connectivity index (χ0v) is 29.6. The summed E-state index contributed by atoms with van der Waals surface area (Å²) in [4.78, 5) is 66.6. The van der Waals surface area contributed by atoms with E-state index in [9.17, 15) is 32.3 Å². The van der Waals surface area contributed by atoms with E-state index < -0.39 is 36.5 Å². The van der Waals surface area contributed by atoms with Crippen molar-refractivity contribution in [3.05, 3.63) is 84.9 Å². The minimum Gasteiger partial charge on any atom is -0.480 e. The zero-order valence-electron chi connectivity index (χ0n) is 29.6. The molecule has 0 aliphatic rings. The standard InChI is InChI=1S/C38H31F3N8O6/c1-20(50)42-19-33(53)49(36-45-31-15-9-25(17-29(31)34(47-36)54-4)23-5-11-27(12-6-23)43-21(2)51)37-46-32-16-10-26(18-30(32)35(48-37)55-38(39,40)41)24-7-13-28(14-8-24)44-22(3)52/h5-18H,19H2,1-4H3,(H,42,50)(H,43,51)(H,44,52). The molecule has 3 N–H and O–H groups in total. The number of nitrogens with one attached hydrogen (secondary N) is 3. The maximum absolute atomic E-state index is 13.9. The summed E-state index contributed by atoms with van der Waals surface area (Å²) in [5, 5.41) is 8.03. The second-order valence-corrected chi connectivity index (χ2v) is 12.0. The van der Waals surface area contributed by atoms with Crippen LogP contribution in [-0.2, 0) is 19.2 Å². The van der Waals surface area contributed by atoms with Gasteiger partial charge in [0.15, 0.2) is 0 Å². The van der Waals surface area contributed by atoms with Crippen molar-refractivity contribution in [2.45, 2.75) is 27.1 Å². The van der Waals surface area contributed by atoms with Gasteiger partial charge in [-0.25, -0.2) is 14.9 Å². The number of rotatable bonds is 10. The molecule has 14 nitrogen and oxygen atoms in total. The Balaban J connectivity index is 1.46. The van der Waals surface area contributed by atoms with E-state index in [-0.39, 0.29) is 34.5 Å². The monoisotopic (exact) mass is 752 g/mol. The molecule has 0 atom stereocenters. The number of carbonyl (C=O) groups is 4. The molecule has 280 valence electrons. The first-order valence-corrected chi connectivity index (χ1v) is 16.4. The van der Waals surface area contributed by atoms with Crippen molar-refractivity contribution in [3.63, 3.8) is 0 Å². The Kier molecular flexibility index (Phi) is 10.5. The lowest BCUT2D eigenvalue weighted by molar-refractivity contribution is -0.275. The predicted octanol–water partition coefficient (Wildman–Crippen LogP) is 6.53. The highest BCUT2D eigenvalue weighted by Crippen LogP contribution is 2.36. The minimum atomic E-state index is -5.19. The van der Waals surface area contributed by atoms with Gasteiger partial charge >= 0.3 is 6.36 Å². The lowest BCUT2D eigenvalue weighted by Crippen LogP contribution is -2.38. The molecular weight excluding hydrogens is 721 g/mol. The van der Waals surface area contributed by atoms with Crippen molar-refractivity contribution in [2.24, 2.45) is 0 Å². The van der Waals surface area contributed by atoms with Crippen LogP contribution in [0.1, 0.15) is 20.8 Å². The number of fused-ring (bicyclic) bond motifs is 2. The fourth-order valence-corrected chi connectivity index (χ4v) is 5.57. The summed E-state index contributed by atoms with van der Waals surface area (Å²) < 4.78 is 51.5. The summed E-state index contributed by atoms with van der Waals surface area (Å²) in [5.41, 5.74) is 4.02. The predicted molar refractivity (Wildman–Crippen MR) is 198 cm³/mol. The lowest BCUT2D eigenvalue weighted by atomic mass is 10.0. The number of methoxy groups -OCH3 is 1. The summed E-state index contributed by atoms with van der Waals surface area (Å²) in [6.45, 7) is 3.34. The quantitative estimate of drug-likeness (QED) is 0.139. The minimum absolute atomic E-state index is 0.00996. The molecule has 17 heteroatoms. The third-order valence-corrected chi connectivity index (χ3v) is 7.92. The molecule has 55 heavy (non-hydrogen) atoms. The van der Waals surface area contributed by atoms with Crippen LogP contribution in [0.15, 0.2) is 84.9 Å². The second-order valence-electron chi connectivity index (χ2n) is 12.0. The van der Waals surface area contributed by atoms with E-state index >= 15 is 0 Å². The number of anilines is 4. The van der Waals surface area contributed by atoms with Gasteiger partial charge in [-0.15, -0.1) is 13.2 Å². The summed E-state index contributed by atoms with van der Waals surface area (Å²) >= 11 is 0. The van der Waals surface area contributed by atoms with Crippen molar-refractivity contribution in [3.8, 4) is 34.0 Å². The van der Waals surface area contributed by atoms with E-state index in [0.717, 1.165) is 16.0 Å². The fraction of sp³-hybridized carbons (Fsp3) is 0.158. The van der Waals surface area contributed by atoms with Gasteiger partial charge in [0.2, 0.25) is 41.4 Å². The Morgan fingerprint density at radius 1 is 0.618 bits per heavy atom. The Hall–Kier alpha value is -7.17. The van der Waals surface area contributed by atoms with Crippen LogP contribution in [0.2, 0.25) is 0 Å². The molecule has 0 saturated heterocycles. The van der Waals surface area contributed by atoms with Crippen molar-refractivity contribution >= 4 is 68.7 Å². The maximum atomic E-state index is 13.9. The number of halogens is 3. The van der Waals surface area contributed by atoms with Crippen LogP contribution in [0.4, 0.5) is 36.4 Å². The Bertz CT molecular complexity index is 2460. The van der Waals surface area contributed by atoms with Gasteiger partial charge in [0.05, 0.1) is 35.5 Å². The van der Waals surface area contributed by atoms with E-state index in [4.69, 9.17) is 4.74 Å². The Morgan fingerprint density at radius 3 is 1.47 bits per heavy atom. The zero-order chi connectivity index (χ0) is 39.4. The van der Waals surface area contributed by atoms with Gasteiger partial charge in [-0.3, -0.25) is 19.2 Å². The van der Waals surface area contributed by atoms with Gasteiger partial charge in [-0.1, -0.05) is 36.4 Å². The number of hydrogen-bond acceptors (Lipinski definition) is 10. The van der Waals surface area contributed by atoms with Crippen LogP contribution >= 0.6 is 0 Å². The van der Waals surface area contributed by atoms with E-state index in [1.807, 2.05) is 0 Å². The molecule has 0 unspecified atom stereocenters. The molecule has 0 bridgehead atoms. The number of hydrogen-bond donors (Lipinski definition) is 3. The van der Waals surface area contributed by atoms with Gasteiger partial charge in [0, 0.05) is 32.1 Å². The smallest absolute Gasteiger partial charge is 0.480 e. The number of benzene rings is 4. The van der Waals surface area contributed by atoms with Gasteiger partial charge in [-0.2, -0.15) is 9.97 Å². The van der Waals surface area contributed by atoms with E-state index in [0.29, 0.717) is 33.4 Å². The molecule has 0 radical (unpaired) electrons. The summed E-state index contributed by atoms with van der Waals surface area (Å²) in [7, 11) is 1.34. The normalized spacial score (nSPS) is 11.2. The van der Waals surface area contributed by atoms with E-state index in [1.54, 1.807) is 72.8 Å². The number of amides is 4. The number of carbonyl (C=O) groups excluding carboxylic acids is 4. The van der Waals surface area contributed by atoms with Crippen LogP contribution in [0.25, 0.3) is 44.1 Å². The van der Waals surface area contributed by atoms with Crippen molar-refractivity contribution in [1.29, 1.82) is 0 Å². The van der Waals surface area contributed by atoms with Gasteiger partial charge in [-0.05, 0) is 70.8 Å². The molecule has 2 aromatic heterocycles.